The van der Waals surface area contributed by atoms with Crippen molar-refractivity contribution < 1.29 is 13.2 Å². The minimum atomic E-state index is -3.71. The molecule has 2 aromatic carbocycles. The Morgan fingerprint density at radius 3 is 2.44 bits per heavy atom. The third-order valence-corrected chi connectivity index (χ3v) is 5.24. The lowest BCUT2D eigenvalue weighted by Gasteiger charge is -2.10. The fourth-order valence-electron chi connectivity index (χ4n) is 2.57. The van der Waals surface area contributed by atoms with Crippen LogP contribution < -0.4 is 9.46 Å². The molecule has 4 aromatic rings. The van der Waals surface area contributed by atoms with Gasteiger partial charge >= 0.3 is 0 Å². The zero-order chi connectivity index (χ0) is 18.7. The second-order valence-electron chi connectivity index (χ2n) is 5.78. The van der Waals surface area contributed by atoms with Crippen LogP contribution in [-0.2, 0) is 10.0 Å². The molecule has 0 saturated carbocycles. The summed E-state index contributed by atoms with van der Waals surface area (Å²) in [5.74, 6) is 1.19. The first kappa shape index (κ1) is 17.0. The predicted octanol–water partition coefficient (Wildman–Crippen LogP) is 4.22. The van der Waals surface area contributed by atoms with Crippen molar-refractivity contribution in [3.63, 3.8) is 0 Å². The van der Waals surface area contributed by atoms with Crippen LogP contribution in [0.25, 0.3) is 10.9 Å². The molecule has 0 bridgehead atoms. The molecule has 7 heteroatoms. The van der Waals surface area contributed by atoms with Gasteiger partial charge in [-0.3, -0.25) is 14.7 Å². The van der Waals surface area contributed by atoms with E-state index in [2.05, 4.69) is 14.7 Å². The number of benzene rings is 2. The Morgan fingerprint density at radius 2 is 1.67 bits per heavy atom. The van der Waals surface area contributed by atoms with Crippen molar-refractivity contribution >= 4 is 26.6 Å². The molecule has 0 saturated heterocycles. The van der Waals surface area contributed by atoms with E-state index >= 15 is 0 Å². The summed E-state index contributed by atoms with van der Waals surface area (Å²) >= 11 is 0. The van der Waals surface area contributed by atoms with E-state index < -0.39 is 10.0 Å². The summed E-state index contributed by atoms with van der Waals surface area (Å²) in [7, 11) is -3.71. The second kappa shape index (κ2) is 7.05. The number of fused-ring (bicyclic) bond motifs is 1. The van der Waals surface area contributed by atoms with Crippen LogP contribution in [-0.4, -0.2) is 18.4 Å². The van der Waals surface area contributed by atoms with Gasteiger partial charge in [0.1, 0.15) is 11.5 Å². The Hall–Kier alpha value is -3.45. The molecule has 0 aliphatic carbocycles. The molecule has 0 unspecified atom stereocenters. The molecular weight excluding hydrogens is 362 g/mol. The molecule has 27 heavy (non-hydrogen) atoms. The molecule has 1 N–H and O–H groups in total. The van der Waals surface area contributed by atoms with E-state index in [4.69, 9.17) is 4.74 Å². The first-order valence-electron chi connectivity index (χ1n) is 8.16. The Morgan fingerprint density at radius 1 is 0.852 bits per heavy atom. The standard InChI is InChI=1S/C20H15N3O3S/c24-27(25,19-9-10-20-15(13-19)3-1-12-22-20)23-16-5-7-17(8-6-16)26-18-4-2-11-21-14-18/h1-14,23H. The summed E-state index contributed by atoms with van der Waals surface area (Å²) in [6, 6.07) is 18.7. The second-order valence-corrected chi connectivity index (χ2v) is 7.46. The topological polar surface area (TPSA) is 81.2 Å². The zero-order valence-electron chi connectivity index (χ0n) is 14.1. The van der Waals surface area contributed by atoms with Crippen molar-refractivity contribution in [2.45, 2.75) is 4.90 Å². The quantitative estimate of drug-likeness (QED) is 0.563. The molecule has 134 valence electrons. The third kappa shape index (κ3) is 3.88. The van der Waals surface area contributed by atoms with Crippen molar-refractivity contribution in [2.75, 3.05) is 4.72 Å². The van der Waals surface area contributed by atoms with Gasteiger partial charge in [-0.15, -0.1) is 0 Å². The Bertz CT molecular complexity index is 1180. The number of nitrogens with zero attached hydrogens (tertiary/aromatic N) is 2. The van der Waals surface area contributed by atoms with Gasteiger partial charge in [-0.05, 0) is 60.7 Å². The number of sulfonamides is 1. The molecule has 2 heterocycles. The van der Waals surface area contributed by atoms with Crippen LogP contribution in [0, 0.1) is 0 Å². The lowest BCUT2D eigenvalue weighted by Crippen LogP contribution is -2.12. The van der Waals surface area contributed by atoms with Crippen LogP contribution in [0.2, 0.25) is 0 Å². The van der Waals surface area contributed by atoms with Gasteiger partial charge < -0.3 is 4.74 Å². The number of pyridine rings is 2. The highest BCUT2D eigenvalue weighted by atomic mass is 32.2. The van der Waals surface area contributed by atoms with Crippen LogP contribution in [0.4, 0.5) is 5.69 Å². The Labute approximate surface area is 156 Å². The maximum atomic E-state index is 12.7. The van der Waals surface area contributed by atoms with Crippen molar-refractivity contribution in [3.8, 4) is 11.5 Å². The summed E-state index contributed by atoms with van der Waals surface area (Å²) in [5, 5.41) is 0.764. The molecule has 2 aromatic heterocycles. The van der Waals surface area contributed by atoms with E-state index in [1.807, 2.05) is 6.07 Å². The van der Waals surface area contributed by atoms with E-state index in [0.29, 0.717) is 17.2 Å². The average molecular weight is 377 g/mol. The number of aromatic nitrogens is 2. The van der Waals surface area contributed by atoms with Crippen LogP contribution in [0.1, 0.15) is 0 Å². The minimum absolute atomic E-state index is 0.179. The van der Waals surface area contributed by atoms with Gasteiger partial charge in [0.05, 0.1) is 16.6 Å². The van der Waals surface area contributed by atoms with E-state index in [1.165, 1.54) is 6.07 Å². The summed E-state index contributed by atoms with van der Waals surface area (Å²) in [6.07, 6.45) is 4.93. The molecule has 0 atom stereocenters. The van der Waals surface area contributed by atoms with Gasteiger partial charge in [0.15, 0.2) is 0 Å². The number of rotatable bonds is 5. The summed E-state index contributed by atoms with van der Waals surface area (Å²) in [4.78, 5) is 8.36. The van der Waals surface area contributed by atoms with Gasteiger partial charge in [-0.2, -0.15) is 0 Å². The lowest BCUT2D eigenvalue weighted by molar-refractivity contribution is 0.480. The predicted molar refractivity (Wildman–Crippen MR) is 103 cm³/mol. The monoisotopic (exact) mass is 377 g/mol. The summed E-state index contributed by atoms with van der Waals surface area (Å²) in [6.45, 7) is 0. The highest BCUT2D eigenvalue weighted by molar-refractivity contribution is 7.92. The first-order chi connectivity index (χ1) is 13.1. The minimum Gasteiger partial charge on any atom is -0.456 e. The van der Waals surface area contributed by atoms with Gasteiger partial charge in [0.2, 0.25) is 0 Å². The molecule has 4 rings (SSSR count). The van der Waals surface area contributed by atoms with Crippen LogP contribution >= 0.6 is 0 Å². The van der Waals surface area contributed by atoms with E-state index in [0.717, 1.165) is 10.9 Å². The van der Waals surface area contributed by atoms with E-state index in [-0.39, 0.29) is 4.90 Å². The number of hydrogen-bond donors (Lipinski definition) is 1. The van der Waals surface area contributed by atoms with Crippen LogP contribution in [0.15, 0.2) is 90.2 Å². The van der Waals surface area contributed by atoms with Gasteiger partial charge in [-0.25, -0.2) is 8.42 Å². The van der Waals surface area contributed by atoms with Crippen LogP contribution in [0.3, 0.4) is 0 Å². The Kier molecular flexibility index (Phi) is 4.43. The smallest absolute Gasteiger partial charge is 0.261 e. The highest BCUT2D eigenvalue weighted by Gasteiger charge is 2.15. The molecule has 6 nitrogen and oxygen atoms in total. The third-order valence-electron chi connectivity index (χ3n) is 3.86. The average Bonchev–Trinajstić information content (AvgIpc) is 2.70. The van der Waals surface area contributed by atoms with Crippen molar-refractivity contribution in [1.82, 2.24) is 9.97 Å². The maximum absolute atomic E-state index is 12.7. The van der Waals surface area contributed by atoms with Crippen molar-refractivity contribution in [1.29, 1.82) is 0 Å². The lowest BCUT2D eigenvalue weighted by atomic mass is 10.2. The molecule has 0 radical (unpaired) electrons. The molecule has 0 amide bonds. The van der Waals surface area contributed by atoms with Gasteiger partial charge in [0, 0.05) is 23.5 Å². The largest absolute Gasteiger partial charge is 0.456 e. The molecule has 0 aliphatic rings. The Balaban J connectivity index is 1.53. The zero-order valence-corrected chi connectivity index (χ0v) is 14.9. The summed E-state index contributed by atoms with van der Waals surface area (Å²) in [5.41, 5.74) is 1.19. The van der Waals surface area contributed by atoms with Gasteiger partial charge in [-0.1, -0.05) is 6.07 Å². The fraction of sp³-hybridized carbons (Fsp3) is 0. The first-order valence-corrected chi connectivity index (χ1v) is 9.64. The van der Waals surface area contributed by atoms with Crippen LogP contribution in [0.5, 0.6) is 11.5 Å². The molecule has 0 fully saturated rings. The maximum Gasteiger partial charge on any atom is 0.261 e. The fourth-order valence-corrected chi connectivity index (χ4v) is 3.66. The number of hydrogen-bond acceptors (Lipinski definition) is 5. The van der Waals surface area contributed by atoms with E-state index in [1.54, 1.807) is 73.2 Å². The van der Waals surface area contributed by atoms with Crippen molar-refractivity contribution in [3.05, 3.63) is 85.3 Å². The number of anilines is 1. The van der Waals surface area contributed by atoms with E-state index in [9.17, 15) is 8.42 Å². The van der Waals surface area contributed by atoms with Gasteiger partial charge in [0.25, 0.3) is 10.0 Å². The molecule has 0 spiro atoms. The van der Waals surface area contributed by atoms with Crippen molar-refractivity contribution in [2.24, 2.45) is 0 Å². The molecular formula is C20H15N3O3S. The molecule has 0 aliphatic heterocycles. The number of ether oxygens (including phenoxy) is 1. The number of nitrogens with one attached hydrogen (secondary N) is 1. The normalized spacial score (nSPS) is 11.3. The highest BCUT2D eigenvalue weighted by Crippen LogP contribution is 2.24. The SMILES string of the molecule is O=S(=O)(Nc1ccc(Oc2cccnc2)cc1)c1ccc2ncccc2c1. The summed E-state index contributed by atoms with van der Waals surface area (Å²) < 4.78 is 33.5.